The lowest BCUT2D eigenvalue weighted by molar-refractivity contribution is 0.0525. The topological polar surface area (TPSA) is 69.9 Å². The summed E-state index contributed by atoms with van der Waals surface area (Å²) >= 11 is 6.07. The van der Waals surface area contributed by atoms with Gasteiger partial charge in [-0.15, -0.1) is 0 Å². The Hall–Kier alpha value is -3.38. The largest absolute Gasteiger partial charge is 0.465 e. The Bertz CT molecular complexity index is 1160. The third-order valence-corrected chi connectivity index (χ3v) is 5.12. The van der Waals surface area contributed by atoms with Crippen molar-refractivity contribution in [3.8, 4) is 5.69 Å². The number of benzene rings is 2. The molecule has 1 heterocycles. The van der Waals surface area contributed by atoms with Gasteiger partial charge in [0, 0.05) is 28.9 Å². The minimum atomic E-state index is -0.512. The summed E-state index contributed by atoms with van der Waals surface area (Å²) in [4.78, 5) is 28.4. The average Bonchev–Trinajstić information content (AvgIpc) is 3.05. The summed E-state index contributed by atoms with van der Waals surface area (Å²) in [6.07, 6.45) is 1.73. The van der Waals surface area contributed by atoms with Crippen molar-refractivity contribution < 1.29 is 19.1 Å². The standard InChI is InChI=1S/C24H23ClN2O4/c1-5-31-23(28)17-7-6-8-20(12-17)27-15(2)11-18(16(27)3)14-26-19-9-10-22(25)21(13-19)24(29)30-4/h6-14H,5H2,1-4H3. The molecule has 0 aliphatic heterocycles. The smallest absolute Gasteiger partial charge is 0.339 e. The number of carbonyl (C=O) groups excluding carboxylic acids is 2. The minimum absolute atomic E-state index is 0.264. The molecule has 0 aliphatic carbocycles. The molecule has 6 nitrogen and oxygen atoms in total. The fourth-order valence-electron chi connectivity index (χ4n) is 3.31. The van der Waals surface area contributed by atoms with Gasteiger partial charge in [0.2, 0.25) is 0 Å². The van der Waals surface area contributed by atoms with Crippen LogP contribution >= 0.6 is 11.6 Å². The Kier molecular flexibility index (Phi) is 6.92. The molecule has 0 spiro atoms. The van der Waals surface area contributed by atoms with E-state index in [9.17, 15) is 9.59 Å². The predicted molar refractivity (Wildman–Crippen MR) is 121 cm³/mol. The van der Waals surface area contributed by atoms with E-state index < -0.39 is 5.97 Å². The number of aliphatic imine (C=N–C) groups is 1. The second kappa shape index (κ2) is 9.62. The highest BCUT2D eigenvalue weighted by Gasteiger charge is 2.14. The van der Waals surface area contributed by atoms with Gasteiger partial charge in [0.15, 0.2) is 0 Å². The maximum absolute atomic E-state index is 12.1. The number of aromatic nitrogens is 1. The van der Waals surface area contributed by atoms with E-state index in [2.05, 4.69) is 4.99 Å². The maximum Gasteiger partial charge on any atom is 0.339 e. The van der Waals surface area contributed by atoms with E-state index in [1.807, 2.05) is 36.6 Å². The molecule has 0 radical (unpaired) electrons. The Morgan fingerprint density at radius 3 is 2.58 bits per heavy atom. The number of ether oxygens (including phenoxy) is 2. The maximum atomic E-state index is 12.1. The van der Waals surface area contributed by atoms with Crippen LogP contribution in [0.15, 0.2) is 53.5 Å². The lowest BCUT2D eigenvalue weighted by Crippen LogP contribution is -2.06. The number of aryl methyl sites for hydroxylation is 1. The molecule has 0 fully saturated rings. The molecule has 2 aromatic carbocycles. The van der Waals surface area contributed by atoms with Crippen LogP contribution in [0, 0.1) is 13.8 Å². The van der Waals surface area contributed by atoms with Crippen molar-refractivity contribution in [2.45, 2.75) is 20.8 Å². The van der Waals surface area contributed by atoms with Crippen LogP contribution in [0.25, 0.3) is 5.69 Å². The number of hydrogen-bond acceptors (Lipinski definition) is 5. The fourth-order valence-corrected chi connectivity index (χ4v) is 3.50. The van der Waals surface area contributed by atoms with Gasteiger partial charge in [0.1, 0.15) is 0 Å². The molecule has 0 unspecified atom stereocenters. The van der Waals surface area contributed by atoms with Gasteiger partial charge in [-0.3, -0.25) is 4.99 Å². The molecule has 160 valence electrons. The molecule has 0 N–H and O–H groups in total. The Morgan fingerprint density at radius 2 is 1.87 bits per heavy atom. The zero-order chi connectivity index (χ0) is 22.5. The lowest BCUT2D eigenvalue weighted by atomic mass is 10.2. The van der Waals surface area contributed by atoms with Crippen molar-refractivity contribution in [2.75, 3.05) is 13.7 Å². The SMILES string of the molecule is CCOC(=O)c1cccc(-n2c(C)cc(C=Nc3ccc(Cl)c(C(=O)OC)c3)c2C)c1. The van der Waals surface area contributed by atoms with Gasteiger partial charge in [-0.2, -0.15) is 0 Å². The minimum Gasteiger partial charge on any atom is -0.465 e. The molecule has 0 bridgehead atoms. The van der Waals surface area contributed by atoms with Crippen LogP contribution in [0.4, 0.5) is 5.69 Å². The summed E-state index contributed by atoms with van der Waals surface area (Å²) in [5, 5.41) is 0.311. The molecule has 0 amide bonds. The first kappa shape index (κ1) is 22.3. The monoisotopic (exact) mass is 438 g/mol. The Morgan fingerprint density at radius 1 is 1.10 bits per heavy atom. The highest BCUT2D eigenvalue weighted by molar-refractivity contribution is 6.33. The van der Waals surface area contributed by atoms with Crippen molar-refractivity contribution in [3.63, 3.8) is 0 Å². The number of halogens is 1. The first-order chi connectivity index (χ1) is 14.8. The van der Waals surface area contributed by atoms with Gasteiger partial charge in [0.05, 0.1) is 35.6 Å². The molecule has 7 heteroatoms. The molecular formula is C24H23ClN2O4. The number of carbonyl (C=O) groups is 2. The number of esters is 2. The van der Waals surface area contributed by atoms with Gasteiger partial charge in [-0.1, -0.05) is 17.7 Å². The van der Waals surface area contributed by atoms with Gasteiger partial charge in [-0.25, -0.2) is 9.59 Å². The van der Waals surface area contributed by atoms with E-state index in [0.717, 1.165) is 22.6 Å². The van der Waals surface area contributed by atoms with Crippen LogP contribution in [-0.4, -0.2) is 36.4 Å². The zero-order valence-corrected chi connectivity index (χ0v) is 18.6. The number of hydrogen-bond donors (Lipinski definition) is 0. The van der Waals surface area contributed by atoms with Gasteiger partial charge in [0.25, 0.3) is 0 Å². The van der Waals surface area contributed by atoms with Crippen LogP contribution in [0.1, 0.15) is 44.6 Å². The van der Waals surface area contributed by atoms with E-state index in [0.29, 0.717) is 22.9 Å². The van der Waals surface area contributed by atoms with Crippen molar-refractivity contribution >= 4 is 35.4 Å². The second-order valence-electron chi connectivity index (χ2n) is 6.85. The predicted octanol–water partition coefficient (Wildman–Crippen LogP) is 5.46. The van der Waals surface area contributed by atoms with E-state index in [-0.39, 0.29) is 11.5 Å². The summed E-state index contributed by atoms with van der Waals surface area (Å²) < 4.78 is 11.9. The molecule has 0 saturated heterocycles. The molecule has 1 aromatic heterocycles. The van der Waals surface area contributed by atoms with Crippen LogP contribution in [0.3, 0.4) is 0 Å². The molecule has 3 rings (SSSR count). The number of nitrogens with zero attached hydrogens (tertiary/aromatic N) is 2. The van der Waals surface area contributed by atoms with Crippen LogP contribution in [0.5, 0.6) is 0 Å². The third-order valence-electron chi connectivity index (χ3n) is 4.79. The molecule has 0 atom stereocenters. The van der Waals surface area contributed by atoms with Gasteiger partial charge in [-0.05, 0) is 63.2 Å². The highest BCUT2D eigenvalue weighted by Crippen LogP contribution is 2.25. The normalized spacial score (nSPS) is 11.0. The summed E-state index contributed by atoms with van der Waals surface area (Å²) in [6, 6.07) is 14.2. The fraction of sp³-hybridized carbons (Fsp3) is 0.208. The average molecular weight is 439 g/mol. The number of rotatable bonds is 6. The summed E-state index contributed by atoms with van der Waals surface area (Å²) in [6.45, 7) is 6.07. The van der Waals surface area contributed by atoms with Crippen molar-refractivity contribution in [1.29, 1.82) is 0 Å². The summed E-state index contributed by atoms with van der Waals surface area (Å²) in [5.41, 5.74) is 5.07. The Balaban J connectivity index is 1.93. The van der Waals surface area contributed by atoms with Gasteiger partial charge >= 0.3 is 11.9 Å². The van der Waals surface area contributed by atoms with E-state index in [4.69, 9.17) is 21.1 Å². The van der Waals surface area contributed by atoms with E-state index >= 15 is 0 Å². The van der Waals surface area contributed by atoms with Crippen molar-refractivity contribution in [1.82, 2.24) is 4.57 Å². The highest BCUT2D eigenvalue weighted by atomic mass is 35.5. The van der Waals surface area contributed by atoms with Gasteiger partial charge < -0.3 is 14.0 Å². The first-order valence-corrected chi connectivity index (χ1v) is 10.1. The van der Waals surface area contributed by atoms with Crippen molar-refractivity contribution in [3.05, 3.63) is 81.6 Å². The lowest BCUT2D eigenvalue weighted by Gasteiger charge is -2.11. The molecule has 31 heavy (non-hydrogen) atoms. The summed E-state index contributed by atoms with van der Waals surface area (Å²) in [7, 11) is 1.31. The first-order valence-electron chi connectivity index (χ1n) is 9.74. The van der Waals surface area contributed by atoms with E-state index in [1.54, 1.807) is 43.5 Å². The summed E-state index contributed by atoms with van der Waals surface area (Å²) in [5.74, 6) is -0.862. The van der Waals surface area contributed by atoms with Crippen molar-refractivity contribution in [2.24, 2.45) is 4.99 Å². The second-order valence-corrected chi connectivity index (χ2v) is 7.25. The molecule has 3 aromatic rings. The van der Waals surface area contributed by atoms with Crippen LogP contribution < -0.4 is 0 Å². The van der Waals surface area contributed by atoms with E-state index in [1.165, 1.54) is 7.11 Å². The molecule has 0 aliphatic rings. The zero-order valence-electron chi connectivity index (χ0n) is 17.8. The number of methoxy groups -OCH3 is 1. The van der Waals surface area contributed by atoms with Crippen LogP contribution in [0.2, 0.25) is 5.02 Å². The Labute approximate surface area is 186 Å². The third kappa shape index (κ3) is 4.86. The van der Waals surface area contributed by atoms with Crippen LogP contribution in [-0.2, 0) is 9.47 Å². The molecular weight excluding hydrogens is 416 g/mol. The molecule has 0 saturated carbocycles. The quantitative estimate of drug-likeness (QED) is 0.378.